The minimum atomic E-state index is 0.321. The normalized spacial score (nSPS) is 12.6. The molecule has 0 amide bonds. The maximum Gasteiger partial charge on any atom is 0.0954 e. The summed E-state index contributed by atoms with van der Waals surface area (Å²) in [4.78, 5) is 4.26. The molecule has 3 nitrogen and oxygen atoms in total. The predicted molar refractivity (Wildman–Crippen MR) is 74.6 cm³/mol. The summed E-state index contributed by atoms with van der Waals surface area (Å²) in [6.45, 7) is 8.28. The second kappa shape index (κ2) is 5.83. The Labute approximate surface area is 109 Å². The first-order chi connectivity index (χ1) is 8.72. The van der Waals surface area contributed by atoms with E-state index in [2.05, 4.69) is 59.9 Å². The van der Waals surface area contributed by atoms with Gasteiger partial charge in [-0.25, -0.2) is 4.98 Å². The first-order valence-corrected chi connectivity index (χ1v) is 6.50. The number of nitrogens with zero attached hydrogens (tertiary/aromatic N) is 2. The van der Waals surface area contributed by atoms with Gasteiger partial charge in [-0.05, 0) is 26.0 Å². The van der Waals surface area contributed by atoms with Crippen LogP contribution in [0.5, 0.6) is 0 Å². The van der Waals surface area contributed by atoms with E-state index in [1.165, 1.54) is 16.8 Å². The molecule has 0 fully saturated rings. The van der Waals surface area contributed by atoms with Crippen LogP contribution in [0.1, 0.15) is 36.7 Å². The summed E-state index contributed by atoms with van der Waals surface area (Å²) in [6.07, 6.45) is 3.85. The Kier molecular flexibility index (Phi) is 4.15. The maximum absolute atomic E-state index is 4.26. The second-order valence-corrected chi connectivity index (χ2v) is 4.66. The fourth-order valence-corrected chi connectivity index (χ4v) is 2.08. The molecule has 0 bridgehead atoms. The molecular weight excluding hydrogens is 222 g/mol. The van der Waals surface area contributed by atoms with Crippen LogP contribution in [0.25, 0.3) is 0 Å². The molecule has 3 heteroatoms. The third-order valence-corrected chi connectivity index (χ3v) is 3.28. The highest BCUT2D eigenvalue weighted by Crippen LogP contribution is 2.20. The zero-order valence-electron chi connectivity index (χ0n) is 11.4. The van der Waals surface area contributed by atoms with E-state index in [4.69, 9.17) is 0 Å². The van der Waals surface area contributed by atoms with Crippen LogP contribution in [0.3, 0.4) is 0 Å². The molecule has 1 aromatic carbocycles. The standard InChI is InChI=1S/C15H21N3/c1-4-16-9-15-10-17-11-18(15)13(3)14-7-5-12(2)6-8-14/h5-8,10-11,13,16H,4,9H2,1-3H3. The zero-order valence-corrected chi connectivity index (χ0v) is 11.4. The largest absolute Gasteiger partial charge is 0.326 e. The Balaban J connectivity index is 2.20. The lowest BCUT2D eigenvalue weighted by Crippen LogP contribution is -2.17. The minimum absolute atomic E-state index is 0.321. The van der Waals surface area contributed by atoms with Crippen LogP contribution in [0.4, 0.5) is 0 Å². The Morgan fingerprint density at radius 2 is 2.00 bits per heavy atom. The lowest BCUT2D eigenvalue weighted by atomic mass is 10.1. The number of hydrogen-bond acceptors (Lipinski definition) is 2. The maximum atomic E-state index is 4.26. The predicted octanol–water partition coefficient (Wildman–Crippen LogP) is 2.91. The van der Waals surface area contributed by atoms with E-state index in [-0.39, 0.29) is 0 Å². The third kappa shape index (κ3) is 2.79. The van der Waals surface area contributed by atoms with E-state index in [9.17, 15) is 0 Å². The molecule has 1 heterocycles. The lowest BCUT2D eigenvalue weighted by molar-refractivity contribution is 0.582. The van der Waals surface area contributed by atoms with E-state index in [1.807, 2.05) is 12.5 Å². The minimum Gasteiger partial charge on any atom is -0.326 e. The van der Waals surface area contributed by atoms with E-state index < -0.39 is 0 Å². The smallest absolute Gasteiger partial charge is 0.0954 e. The average molecular weight is 243 g/mol. The van der Waals surface area contributed by atoms with Crippen molar-refractivity contribution in [2.24, 2.45) is 0 Å². The van der Waals surface area contributed by atoms with Gasteiger partial charge < -0.3 is 9.88 Å². The summed E-state index contributed by atoms with van der Waals surface area (Å²) in [5.41, 5.74) is 3.84. The topological polar surface area (TPSA) is 29.9 Å². The highest BCUT2D eigenvalue weighted by Gasteiger charge is 2.10. The molecule has 1 unspecified atom stereocenters. The number of aryl methyl sites for hydroxylation is 1. The Morgan fingerprint density at radius 3 is 2.67 bits per heavy atom. The van der Waals surface area contributed by atoms with Crippen LogP contribution in [0.2, 0.25) is 0 Å². The Hall–Kier alpha value is -1.61. The van der Waals surface area contributed by atoms with Crippen molar-refractivity contribution in [2.75, 3.05) is 6.54 Å². The van der Waals surface area contributed by atoms with E-state index in [0.717, 1.165) is 13.1 Å². The number of hydrogen-bond donors (Lipinski definition) is 1. The first kappa shape index (κ1) is 12.8. The molecule has 1 atom stereocenters. The number of nitrogens with one attached hydrogen (secondary N) is 1. The summed E-state index contributed by atoms with van der Waals surface area (Å²) < 4.78 is 2.23. The lowest BCUT2D eigenvalue weighted by Gasteiger charge is -2.17. The van der Waals surface area contributed by atoms with Gasteiger partial charge >= 0.3 is 0 Å². The van der Waals surface area contributed by atoms with Crippen molar-refractivity contribution >= 4 is 0 Å². The SMILES string of the molecule is CCNCc1cncn1C(C)c1ccc(C)cc1. The Bertz CT molecular complexity index is 485. The monoisotopic (exact) mass is 243 g/mol. The molecule has 2 aromatic rings. The van der Waals surface area contributed by atoms with Crippen LogP contribution in [-0.4, -0.2) is 16.1 Å². The summed E-state index contributed by atoms with van der Waals surface area (Å²) in [5.74, 6) is 0. The van der Waals surface area contributed by atoms with E-state index in [0.29, 0.717) is 6.04 Å². The highest BCUT2D eigenvalue weighted by molar-refractivity contribution is 5.25. The van der Waals surface area contributed by atoms with Crippen LogP contribution in [0, 0.1) is 6.92 Å². The molecule has 1 N–H and O–H groups in total. The van der Waals surface area contributed by atoms with Crippen molar-refractivity contribution in [3.05, 3.63) is 53.6 Å². The van der Waals surface area contributed by atoms with Gasteiger partial charge in [-0.1, -0.05) is 36.8 Å². The molecule has 1 aromatic heterocycles. The van der Waals surface area contributed by atoms with Gasteiger partial charge in [0, 0.05) is 12.7 Å². The molecular formula is C15H21N3. The molecule has 0 aliphatic heterocycles. The first-order valence-electron chi connectivity index (χ1n) is 6.50. The number of rotatable bonds is 5. The van der Waals surface area contributed by atoms with Crippen LogP contribution >= 0.6 is 0 Å². The van der Waals surface area contributed by atoms with Crippen molar-refractivity contribution in [1.82, 2.24) is 14.9 Å². The molecule has 96 valence electrons. The zero-order chi connectivity index (χ0) is 13.0. The molecule has 0 spiro atoms. The number of benzene rings is 1. The number of imidazole rings is 1. The number of aromatic nitrogens is 2. The Morgan fingerprint density at radius 1 is 1.28 bits per heavy atom. The fraction of sp³-hybridized carbons (Fsp3) is 0.400. The summed E-state index contributed by atoms with van der Waals surface area (Å²) in [6, 6.07) is 9.02. The van der Waals surface area contributed by atoms with Gasteiger partial charge in [-0.15, -0.1) is 0 Å². The van der Waals surface area contributed by atoms with Crippen molar-refractivity contribution < 1.29 is 0 Å². The van der Waals surface area contributed by atoms with Crippen molar-refractivity contribution in [2.45, 2.75) is 33.4 Å². The quantitative estimate of drug-likeness (QED) is 0.875. The summed E-state index contributed by atoms with van der Waals surface area (Å²) >= 11 is 0. The van der Waals surface area contributed by atoms with Gasteiger partial charge in [0.05, 0.1) is 18.1 Å². The van der Waals surface area contributed by atoms with Crippen LogP contribution in [0.15, 0.2) is 36.8 Å². The van der Waals surface area contributed by atoms with E-state index >= 15 is 0 Å². The van der Waals surface area contributed by atoms with Gasteiger partial charge in [0.15, 0.2) is 0 Å². The van der Waals surface area contributed by atoms with Gasteiger partial charge in [-0.3, -0.25) is 0 Å². The average Bonchev–Trinajstić information content (AvgIpc) is 2.84. The molecule has 0 radical (unpaired) electrons. The van der Waals surface area contributed by atoms with Crippen LogP contribution < -0.4 is 5.32 Å². The van der Waals surface area contributed by atoms with Crippen LogP contribution in [-0.2, 0) is 6.54 Å². The van der Waals surface area contributed by atoms with Crippen molar-refractivity contribution in [1.29, 1.82) is 0 Å². The van der Waals surface area contributed by atoms with Gasteiger partial charge in [0.1, 0.15) is 0 Å². The molecule has 0 saturated carbocycles. The fourth-order valence-electron chi connectivity index (χ4n) is 2.08. The summed E-state index contributed by atoms with van der Waals surface area (Å²) in [7, 11) is 0. The van der Waals surface area contributed by atoms with Gasteiger partial charge in [0.25, 0.3) is 0 Å². The molecule has 18 heavy (non-hydrogen) atoms. The van der Waals surface area contributed by atoms with Gasteiger partial charge in [-0.2, -0.15) is 0 Å². The van der Waals surface area contributed by atoms with Crippen molar-refractivity contribution in [3.8, 4) is 0 Å². The summed E-state index contributed by atoms with van der Waals surface area (Å²) in [5, 5.41) is 3.35. The molecule has 0 aliphatic rings. The molecule has 2 rings (SSSR count). The van der Waals surface area contributed by atoms with Gasteiger partial charge in [0.2, 0.25) is 0 Å². The highest BCUT2D eigenvalue weighted by atomic mass is 15.1. The van der Waals surface area contributed by atoms with Crippen molar-refractivity contribution in [3.63, 3.8) is 0 Å². The third-order valence-electron chi connectivity index (χ3n) is 3.28. The molecule has 0 saturated heterocycles. The molecule has 0 aliphatic carbocycles. The second-order valence-electron chi connectivity index (χ2n) is 4.66. The van der Waals surface area contributed by atoms with E-state index in [1.54, 1.807) is 0 Å².